The van der Waals surface area contributed by atoms with E-state index >= 15 is 0 Å². The molecule has 0 heterocycles. The van der Waals surface area contributed by atoms with Gasteiger partial charge in [0.15, 0.2) is 0 Å². The van der Waals surface area contributed by atoms with Gasteiger partial charge in [-0.15, -0.1) is 0 Å². The number of allylic oxidation sites excluding steroid dienone is 5. The average Bonchev–Trinajstić information content (AvgIpc) is 2.99. The predicted molar refractivity (Wildman–Crippen MR) is 73.8 cm³/mol. The topological polar surface area (TPSA) is 0 Å². The average molecular weight is 384 g/mol. The van der Waals surface area contributed by atoms with Crippen LogP contribution in [0.3, 0.4) is 0 Å². The second-order valence-corrected chi connectivity index (χ2v) is 5.51. The van der Waals surface area contributed by atoms with E-state index in [-0.39, 0.29) is 56.4 Å². The first-order chi connectivity index (χ1) is 8.19. The second kappa shape index (κ2) is 7.78. The quantitative estimate of drug-likeness (QED) is 0.596. The van der Waals surface area contributed by atoms with E-state index in [1.54, 1.807) is 5.57 Å². The third kappa shape index (κ3) is 3.38. The molecule has 0 spiro atoms. The van der Waals surface area contributed by atoms with Gasteiger partial charge in [0.2, 0.25) is 0 Å². The Kier molecular flexibility index (Phi) is 7.74. The zero-order valence-electron chi connectivity index (χ0n) is 11.7. The van der Waals surface area contributed by atoms with Crippen LogP contribution in [0.15, 0.2) is 54.1 Å². The first-order valence-corrected chi connectivity index (χ1v) is 6.33. The van der Waals surface area contributed by atoms with Crippen molar-refractivity contribution in [3.63, 3.8) is 0 Å². The molecule has 0 saturated heterocycles. The van der Waals surface area contributed by atoms with Gasteiger partial charge < -0.3 is 24.8 Å². The number of halogens is 2. The monoisotopic (exact) mass is 382 g/mol. The third-order valence-corrected chi connectivity index (χ3v) is 4.18. The molecule has 0 amide bonds. The molecule has 0 saturated carbocycles. The molecular formula is C17H18Cl2Zr. The van der Waals surface area contributed by atoms with E-state index in [9.17, 15) is 0 Å². The predicted octanol–water partition coefficient (Wildman–Crippen LogP) is -1.28. The molecule has 2 aliphatic carbocycles. The Morgan fingerprint density at radius 2 is 1.80 bits per heavy atom. The summed E-state index contributed by atoms with van der Waals surface area (Å²) in [7, 11) is 0. The maximum absolute atomic E-state index is 2.36. The van der Waals surface area contributed by atoms with Crippen molar-refractivity contribution in [3.05, 3.63) is 65.3 Å². The van der Waals surface area contributed by atoms with Gasteiger partial charge in [-0.3, -0.25) is 0 Å². The van der Waals surface area contributed by atoms with Crippen molar-refractivity contribution < 1.29 is 51.0 Å². The van der Waals surface area contributed by atoms with Gasteiger partial charge in [-0.05, 0) is 23.0 Å². The van der Waals surface area contributed by atoms with Crippen molar-refractivity contribution in [2.45, 2.75) is 26.2 Å². The molecule has 0 N–H and O–H groups in total. The van der Waals surface area contributed by atoms with Crippen molar-refractivity contribution in [2.75, 3.05) is 0 Å². The van der Waals surface area contributed by atoms with Crippen molar-refractivity contribution in [3.8, 4) is 0 Å². The maximum atomic E-state index is 2.36. The number of benzene rings is 1. The standard InChI is InChI=1S/C17H18.2ClH.Zr/c1-17(2,14-8-4-5-9-14)16-12-11-13-7-3-6-10-15(13)16;;;/h3-8,10-12,16H,9H2,1-2H3;2*1H;/q;;;+2/p-2. The van der Waals surface area contributed by atoms with Crippen molar-refractivity contribution in [2.24, 2.45) is 5.41 Å². The molecule has 1 atom stereocenters. The fraction of sp³-hybridized carbons (Fsp3) is 0.294. The van der Waals surface area contributed by atoms with E-state index in [1.807, 2.05) is 0 Å². The zero-order valence-corrected chi connectivity index (χ0v) is 15.7. The molecule has 0 bridgehead atoms. The second-order valence-electron chi connectivity index (χ2n) is 5.51. The van der Waals surface area contributed by atoms with Crippen molar-refractivity contribution in [1.29, 1.82) is 0 Å². The van der Waals surface area contributed by atoms with Gasteiger partial charge in [-0.2, -0.15) is 0 Å². The van der Waals surface area contributed by atoms with Crippen LogP contribution in [0.5, 0.6) is 0 Å². The molecule has 3 rings (SSSR count). The minimum Gasteiger partial charge on any atom is -1.00 e. The van der Waals surface area contributed by atoms with E-state index in [0.717, 1.165) is 6.42 Å². The van der Waals surface area contributed by atoms with Crippen LogP contribution in [-0.4, -0.2) is 0 Å². The molecule has 1 aromatic carbocycles. The number of hydrogen-bond donors (Lipinski definition) is 0. The zero-order chi connectivity index (χ0) is 11.9. The molecule has 2 aliphatic rings. The summed E-state index contributed by atoms with van der Waals surface area (Å²) in [6.07, 6.45) is 12.5. The smallest absolute Gasteiger partial charge is 1.00 e. The van der Waals surface area contributed by atoms with Crippen LogP contribution in [0.25, 0.3) is 6.08 Å². The Labute approximate surface area is 153 Å². The summed E-state index contributed by atoms with van der Waals surface area (Å²) in [6, 6.07) is 8.75. The van der Waals surface area contributed by atoms with Crippen LogP contribution in [0.1, 0.15) is 37.3 Å². The first-order valence-electron chi connectivity index (χ1n) is 6.33. The Hall–Kier alpha value is -0.0969. The third-order valence-electron chi connectivity index (χ3n) is 4.18. The van der Waals surface area contributed by atoms with Gasteiger partial charge in [-0.25, -0.2) is 0 Å². The minimum atomic E-state index is 0. The van der Waals surface area contributed by atoms with Gasteiger partial charge in [0, 0.05) is 5.92 Å². The minimum absolute atomic E-state index is 0. The summed E-state index contributed by atoms with van der Waals surface area (Å²) in [6.45, 7) is 4.73. The fourth-order valence-electron chi connectivity index (χ4n) is 3.00. The van der Waals surface area contributed by atoms with Crippen molar-refractivity contribution >= 4 is 6.08 Å². The van der Waals surface area contributed by atoms with E-state index in [0.29, 0.717) is 5.92 Å². The summed E-state index contributed by atoms with van der Waals surface area (Å²) in [5.74, 6) is 0.518. The van der Waals surface area contributed by atoms with Gasteiger partial charge in [0.05, 0.1) is 0 Å². The van der Waals surface area contributed by atoms with Crippen LogP contribution >= 0.6 is 0 Å². The molecule has 1 unspecified atom stereocenters. The molecule has 104 valence electrons. The van der Waals surface area contributed by atoms with E-state index in [1.165, 1.54) is 11.1 Å². The Morgan fingerprint density at radius 1 is 1.10 bits per heavy atom. The maximum Gasteiger partial charge on any atom is 2.00 e. The number of fused-ring (bicyclic) bond motifs is 1. The van der Waals surface area contributed by atoms with Crippen LogP contribution < -0.4 is 24.8 Å². The van der Waals surface area contributed by atoms with E-state index in [2.05, 4.69) is 68.5 Å². The molecular weight excluding hydrogens is 366 g/mol. The molecule has 0 radical (unpaired) electrons. The molecule has 0 fully saturated rings. The molecule has 3 heteroatoms. The van der Waals surface area contributed by atoms with Crippen LogP contribution in [0.2, 0.25) is 0 Å². The number of hydrogen-bond acceptors (Lipinski definition) is 0. The SMILES string of the molecule is CC(C)(C1=CC=CC1)C1C=Cc2ccccc21.[Cl-].[Cl-].[Zr+2]. The van der Waals surface area contributed by atoms with Crippen LogP contribution in [0.4, 0.5) is 0 Å². The van der Waals surface area contributed by atoms with E-state index < -0.39 is 0 Å². The number of rotatable bonds is 2. The van der Waals surface area contributed by atoms with Gasteiger partial charge in [0.25, 0.3) is 0 Å². The normalized spacial score (nSPS) is 18.5. The van der Waals surface area contributed by atoms with E-state index in [4.69, 9.17) is 0 Å². The summed E-state index contributed by atoms with van der Waals surface area (Å²) >= 11 is 0. The Balaban J connectivity index is 0.00000120. The van der Waals surface area contributed by atoms with Gasteiger partial charge in [-0.1, -0.05) is 74.1 Å². The molecule has 0 nitrogen and oxygen atoms in total. The van der Waals surface area contributed by atoms with Crippen LogP contribution in [0, 0.1) is 5.41 Å². The molecule has 0 aromatic heterocycles. The van der Waals surface area contributed by atoms with Crippen molar-refractivity contribution in [1.82, 2.24) is 0 Å². The Bertz CT molecular complexity index is 542. The molecule has 1 aromatic rings. The fourth-order valence-corrected chi connectivity index (χ4v) is 3.00. The molecule has 20 heavy (non-hydrogen) atoms. The van der Waals surface area contributed by atoms with Gasteiger partial charge in [0.1, 0.15) is 0 Å². The summed E-state index contributed by atoms with van der Waals surface area (Å²) in [5.41, 5.74) is 4.62. The Morgan fingerprint density at radius 3 is 2.45 bits per heavy atom. The summed E-state index contributed by atoms with van der Waals surface area (Å²) in [5, 5.41) is 0. The van der Waals surface area contributed by atoms with Crippen LogP contribution in [-0.2, 0) is 26.2 Å². The summed E-state index contributed by atoms with van der Waals surface area (Å²) < 4.78 is 0. The largest absolute Gasteiger partial charge is 2.00 e. The summed E-state index contributed by atoms with van der Waals surface area (Å²) in [4.78, 5) is 0. The first kappa shape index (κ1) is 19.9. The van der Waals surface area contributed by atoms with Gasteiger partial charge >= 0.3 is 26.2 Å². The molecule has 0 aliphatic heterocycles.